The summed E-state index contributed by atoms with van der Waals surface area (Å²) in [6.07, 6.45) is 3.08. The molecule has 1 heterocycles. The molecule has 2 aromatic rings. The quantitative estimate of drug-likeness (QED) is 0.852. The van der Waals surface area contributed by atoms with Crippen LogP contribution in [0.1, 0.15) is 5.69 Å². The summed E-state index contributed by atoms with van der Waals surface area (Å²) in [7, 11) is 0. The largest absolute Gasteiger partial charge is 0.245 e. The molecule has 0 aliphatic rings. The van der Waals surface area contributed by atoms with Crippen LogP contribution in [0.2, 0.25) is 0 Å². The molecule has 0 aliphatic heterocycles. The molecule has 0 radical (unpaired) electrons. The fourth-order valence-electron chi connectivity index (χ4n) is 1.05. The molecular formula is C11H6BrN3S. The lowest BCUT2D eigenvalue weighted by atomic mass is 10.4. The highest BCUT2D eigenvalue weighted by Gasteiger charge is 2.00. The van der Waals surface area contributed by atoms with Crippen molar-refractivity contribution >= 4 is 27.7 Å². The van der Waals surface area contributed by atoms with Crippen LogP contribution in [-0.2, 0) is 0 Å². The molecule has 1 aromatic carbocycles. The van der Waals surface area contributed by atoms with Gasteiger partial charge in [0.1, 0.15) is 11.1 Å². The summed E-state index contributed by atoms with van der Waals surface area (Å²) in [6, 6.07) is 9.87. The Labute approximate surface area is 106 Å². The van der Waals surface area contributed by atoms with E-state index in [2.05, 4.69) is 25.9 Å². The van der Waals surface area contributed by atoms with Gasteiger partial charge in [-0.05, 0) is 24.3 Å². The number of rotatable bonds is 2. The van der Waals surface area contributed by atoms with E-state index in [4.69, 9.17) is 5.26 Å². The Hall–Kier alpha value is -1.38. The Bertz CT molecular complexity index is 516. The van der Waals surface area contributed by atoms with Crippen molar-refractivity contribution in [2.75, 3.05) is 0 Å². The number of halogens is 1. The first-order valence-corrected chi connectivity index (χ1v) is 6.04. The third kappa shape index (κ3) is 2.81. The first-order valence-electron chi connectivity index (χ1n) is 4.43. The van der Waals surface area contributed by atoms with E-state index in [0.29, 0.717) is 5.69 Å². The third-order valence-electron chi connectivity index (χ3n) is 1.78. The molecule has 0 spiro atoms. The van der Waals surface area contributed by atoms with Crippen molar-refractivity contribution < 1.29 is 0 Å². The van der Waals surface area contributed by atoms with Gasteiger partial charge in [-0.25, -0.2) is 9.97 Å². The lowest BCUT2D eigenvalue weighted by molar-refractivity contribution is 1.04. The molecule has 0 unspecified atom stereocenters. The Kier molecular flexibility index (Phi) is 3.54. The van der Waals surface area contributed by atoms with Gasteiger partial charge in [0, 0.05) is 9.37 Å². The fraction of sp³-hybridized carbons (Fsp3) is 0. The Morgan fingerprint density at radius 3 is 2.44 bits per heavy atom. The van der Waals surface area contributed by atoms with E-state index in [1.54, 1.807) is 6.20 Å². The second kappa shape index (κ2) is 5.10. The van der Waals surface area contributed by atoms with Crippen LogP contribution in [0.25, 0.3) is 0 Å². The van der Waals surface area contributed by atoms with E-state index in [-0.39, 0.29) is 0 Å². The molecule has 0 bridgehead atoms. The van der Waals surface area contributed by atoms with E-state index in [9.17, 15) is 0 Å². The first kappa shape index (κ1) is 11.1. The predicted octanol–water partition coefficient (Wildman–Crippen LogP) is 3.26. The number of aromatic nitrogens is 2. The van der Waals surface area contributed by atoms with Gasteiger partial charge < -0.3 is 0 Å². The summed E-state index contributed by atoms with van der Waals surface area (Å²) in [6.45, 7) is 0. The Balaban J connectivity index is 2.15. The monoisotopic (exact) mass is 291 g/mol. The van der Waals surface area contributed by atoms with Crippen LogP contribution < -0.4 is 0 Å². The number of benzene rings is 1. The van der Waals surface area contributed by atoms with Crippen molar-refractivity contribution in [2.45, 2.75) is 9.92 Å². The molecule has 1 aromatic heterocycles. The summed E-state index contributed by atoms with van der Waals surface area (Å²) in [5.74, 6) is 0. The molecule has 2 rings (SSSR count). The zero-order valence-electron chi connectivity index (χ0n) is 8.09. The van der Waals surface area contributed by atoms with E-state index in [0.717, 1.165) is 14.4 Å². The highest BCUT2D eigenvalue weighted by atomic mass is 79.9. The maximum absolute atomic E-state index is 8.58. The number of hydrogen-bond donors (Lipinski definition) is 0. The molecule has 0 saturated carbocycles. The maximum Gasteiger partial charge on any atom is 0.158 e. The topological polar surface area (TPSA) is 49.6 Å². The van der Waals surface area contributed by atoms with Gasteiger partial charge in [0.2, 0.25) is 0 Å². The highest BCUT2D eigenvalue weighted by Crippen LogP contribution is 2.26. The second-order valence-corrected chi connectivity index (χ2v) is 4.92. The highest BCUT2D eigenvalue weighted by molar-refractivity contribution is 9.10. The van der Waals surface area contributed by atoms with Crippen molar-refractivity contribution in [3.8, 4) is 6.07 Å². The van der Waals surface area contributed by atoms with Crippen molar-refractivity contribution in [2.24, 2.45) is 0 Å². The summed E-state index contributed by atoms with van der Waals surface area (Å²) in [4.78, 5) is 9.18. The minimum absolute atomic E-state index is 0.333. The van der Waals surface area contributed by atoms with Gasteiger partial charge in [-0.3, -0.25) is 0 Å². The lowest BCUT2D eigenvalue weighted by Crippen LogP contribution is -1.86. The van der Waals surface area contributed by atoms with E-state index in [1.165, 1.54) is 18.0 Å². The number of nitrogens with zero attached hydrogens (tertiary/aromatic N) is 3. The van der Waals surface area contributed by atoms with Gasteiger partial charge in [-0.2, -0.15) is 5.26 Å². The molecule has 0 aliphatic carbocycles. The van der Waals surface area contributed by atoms with E-state index in [1.807, 2.05) is 30.3 Å². The normalized spacial score (nSPS) is 9.75. The summed E-state index contributed by atoms with van der Waals surface area (Å²) in [5.41, 5.74) is 0.333. The molecular weight excluding hydrogens is 286 g/mol. The van der Waals surface area contributed by atoms with Crippen LogP contribution in [0, 0.1) is 11.3 Å². The van der Waals surface area contributed by atoms with Gasteiger partial charge in [0.15, 0.2) is 5.69 Å². The fourth-order valence-corrected chi connectivity index (χ4v) is 2.04. The third-order valence-corrected chi connectivity index (χ3v) is 3.24. The van der Waals surface area contributed by atoms with Gasteiger partial charge in [0.25, 0.3) is 0 Å². The summed E-state index contributed by atoms with van der Waals surface area (Å²) >= 11 is 4.89. The SMILES string of the molecule is N#Cc1cnc(Sc2ccc(Br)cc2)cn1. The molecule has 3 nitrogen and oxygen atoms in total. The van der Waals surface area contributed by atoms with Crippen LogP contribution in [0.15, 0.2) is 51.1 Å². The van der Waals surface area contributed by atoms with Crippen molar-refractivity contribution in [1.29, 1.82) is 5.26 Å². The van der Waals surface area contributed by atoms with Crippen LogP contribution in [0.3, 0.4) is 0 Å². The minimum atomic E-state index is 0.333. The molecule has 78 valence electrons. The average Bonchev–Trinajstić information content (AvgIpc) is 2.33. The van der Waals surface area contributed by atoms with Gasteiger partial charge in [0.05, 0.1) is 12.4 Å². The number of nitriles is 1. The summed E-state index contributed by atoms with van der Waals surface area (Å²) < 4.78 is 1.04. The standard InChI is InChI=1S/C11H6BrN3S/c12-8-1-3-10(4-2-8)16-11-7-14-9(5-13)6-15-11/h1-4,6-7H. The zero-order chi connectivity index (χ0) is 11.4. The average molecular weight is 292 g/mol. The van der Waals surface area contributed by atoms with Gasteiger partial charge in [-0.15, -0.1) is 0 Å². The van der Waals surface area contributed by atoms with E-state index < -0.39 is 0 Å². The van der Waals surface area contributed by atoms with Crippen molar-refractivity contribution in [3.63, 3.8) is 0 Å². The van der Waals surface area contributed by atoms with Crippen molar-refractivity contribution in [1.82, 2.24) is 9.97 Å². The van der Waals surface area contributed by atoms with Crippen LogP contribution in [0.4, 0.5) is 0 Å². The van der Waals surface area contributed by atoms with Crippen LogP contribution in [-0.4, -0.2) is 9.97 Å². The predicted molar refractivity (Wildman–Crippen MR) is 65.0 cm³/mol. The molecule has 0 saturated heterocycles. The van der Waals surface area contributed by atoms with Crippen LogP contribution >= 0.6 is 27.7 Å². The molecule has 5 heteroatoms. The molecule has 0 atom stereocenters. The van der Waals surface area contributed by atoms with Crippen LogP contribution in [0.5, 0.6) is 0 Å². The Morgan fingerprint density at radius 1 is 1.12 bits per heavy atom. The minimum Gasteiger partial charge on any atom is -0.245 e. The summed E-state index contributed by atoms with van der Waals surface area (Å²) in [5, 5.41) is 9.36. The number of hydrogen-bond acceptors (Lipinski definition) is 4. The second-order valence-electron chi connectivity index (χ2n) is 2.91. The van der Waals surface area contributed by atoms with Gasteiger partial charge >= 0.3 is 0 Å². The lowest BCUT2D eigenvalue weighted by Gasteiger charge is -2.00. The maximum atomic E-state index is 8.58. The molecule has 0 fully saturated rings. The van der Waals surface area contributed by atoms with E-state index >= 15 is 0 Å². The van der Waals surface area contributed by atoms with Gasteiger partial charge in [-0.1, -0.05) is 27.7 Å². The Morgan fingerprint density at radius 2 is 1.88 bits per heavy atom. The smallest absolute Gasteiger partial charge is 0.158 e. The molecule has 16 heavy (non-hydrogen) atoms. The first-order chi connectivity index (χ1) is 7.78. The van der Waals surface area contributed by atoms with Crippen molar-refractivity contribution in [3.05, 3.63) is 46.8 Å². The molecule has 0 N–H and O–H groups in total. The zero-order valence-corrected chi connectivity index (χ0v) is 10.5. The molecule has 0 amide bonds.